The number of hydrogen-bond donors (Lipinski definition) is 3. The molecule has 2 amide bonds. The van der Waals surface area contributed by atoms with E-state index in [2.05, 4.69) is 55.3 Å². The smallest absolute Gasteiger partial charge is 0.262 e. The first-order valence-electron chi connectivity index (χ1n) is 11.1. The molecule has 0 atom stereocenters. The monoisotopic (exact) mass is 586 g/mol. The Morgan fingerprint density at radius 2 is 1.63 bits per heavy atom. The number of carbonyl (C=O) groups is 2. The third-order valence-electron chi connectivity index (χ3n) is 5.88. The number of piperazine rings is 1. The number of anilines is 2. The first-order valence-corrected chi connectivity index (χ1v) is 12.7. The third kappa shape index (κ3) is 5.85. The highest BCUT2D eigenvalue weighted by molar-refractivity contribution is 14.1. The summed E-state index contributed by atoms with van der Waals surface area (Å²) in [6.45, 7) is 3.45. The standard InChI is InChI=1S/C24H27IN8O2/c1-31-9-11-33(12-10-31)21(26)17-4-6-18(7-5-17)23(34)30-22-19(15-28-32(22)2)24(35)29-20-8-3-16(13-25)14-27-20/h3-8,14-15,26H,9-13H2,1-2H3,(H,30,34)(H,27,29,35). The van der Waals surface area contributed by atoms with E-state index in [1.807, 2.05) is 11.0 Å². The van der Waals surface area contributed by atoms with Gasteiger partial charge in [0, 0.05) is 55.0 Å². The molecular formula is C24H27IN8O2. The van der Waals surface area contributed by atoms with Gasteiger partial charge in [0.25, 0.3) is 11.8 Å². The fourth-order valence-electron chi connectivity index (χ4n) is 3.68. The SMILES string of the molecule is CN1CCN(C(=N)c2ccc(C(=O)Nc3c(C(=O)Nc4ccc(CI)cn4)cnn3C)cc2)CC1. The first-order chi connectivity index (χ1) is 16.9. The summed E-state index contributed by atoms with van der Waals surface area (Å²) < 4.78 is 2.27. The zero-order chi connectivity index (χ0) is 24.9. The normalized spacial score (nSPS) is 14.0. The van der Waals surface area contributed by atoms with Crippen molar-refractivity contribution in [1.82, 2.24) is 24.6 Å². The predicted octanol–water partition coefficient (Wildman–Crippen LogP) is 2.83. The van der Waals surface area contributed by atoms with E-state index in [9.17, 15) is 9.59 Å². The Morgan fingerprint density at radius 3 is 2.26 bits per heavy atom. The lowest BCUT2D eigenvalue weighted by molar-refractivity contribution is 0.102. The van der Waals surface area contributed by atoms with E-state index in [0.29, 0.717) is 17.2 Å². The predicted molar refractivity (Wildman–Crippen MR) is 143 cm³/mol. The third-order valence-corrected chi connectivity index (χ3v) is 6.76. The number of rotatable bonds is 6. The van der Waals surface area contributed by atoms with Crippen LogP contribution in [-0.4, -0.2) is 75.4 Å². The molecule has 182 valence electrons. The van der Waals surface area contributed by atoms with Crippen molar-refractivity contribution < 1.29 is 9.59 Å². The van der Waals surface area contributed by atoms with Gasteiger partial charge in [0.15, 0.2) is 0 Å². The number of amidine groups is 1. The summed E-state index contributed by atoms with van der Waals surface area (Å²) in [5.74, 6) is 0.369. The molecule has 2 aromatic heterocycles. The summed E-state index contributed by atoms with van der Waals surface area (Å²) in [5, 5.41) is 18.1. The maximum atomic E-state index is 12.9. The minimum atomic E-state index is -0.418. The second kappa shape index (κ2) is 11.0. The van der Waals surface area contributed by atoms with Gasteiger partial charge in [-0.2, -0.15) is 5.10 Å². The molecule has 11 heteroatoms. The van der Waals surface area contributed by atoms with Crippen LogP contribution in [0.2, 0.25) is 0 Å². The Balaban J connectivity index is 1.43. The molecule has 1 aliphatic heterocycles. The molecule has 3 N–H and O–H groups in total. The highest BCUT2D eigenvalue weighted by Gasteiger charge is 2.21. The highest BCUT2D eigenvalue weighted by Crippen LogP contribution is 2.18. The van der Waals surface area contributed by atoms with Gasteiger partial charge in [-0.05, 0) is 30.8 Å². The summed E-state index contributed by atoms with van der Waals surface area (Å²) in [7, 11) is 3.73. The zero-order valence-corrected chi connectivity index (χ0v) is 21.7. The van der Waals surface area contributed by atoms with Gasteiger partial charge in [-0.3, -0.25) is 19.7 Å². The van der Waals surface area contributed by atoms with Crippen molar-refractivity contribution >= 4 is 51.9 Å². The van der Waals surface area contributed by atoms with Crippen molar-refractivity contribution in [2.24, 2.45) is 7.05 Å². The number of likely N-dealkylation sites (N-methyl/N-ethyl adjacent to an activating group) is 1. The second-order valence-electron chi connectivity index (χ2n) is 8.34. The molecule has 1 aliphatic rings. The minimum absolute atomic E-state index is 0.231. The molecule has 0 saturated carbocycles. The van der Waals surface area contributed by atoms with Gasteiger partial charge in [0.1, 0.15) is 23.0 Å². The van der Waals surface area contributed by atoms with Crippen LogP contribution in [0.15, 0.2) is 48.8 Å². The summed E-state index contributed by atoms with van der Waals surface area (Å²) in [5.41, 5.74) is 2.47. The van der Waals surface area contributed by atoms with E-state index < -0.39 is 5.91 Å². The first kappa shape index (κ1) is 24.8. The number of benzene rings is 1. The van der Waals surface area contributed by atoms with Crippen LogP contribution in [0.5, 0.6) is 0 Å². The van der Waals surface area contributed by atoms with Crippen LogP contribution >= 0.6 is 22.6 Å². The molecule has 1 fully saturated rings. The molecule has 1 aromatic carbocycles. The summed E-state index contributed by atoms with van der Waals surface area (Å²) >= 11 is 2.25. The zero-order valence-electron chi connectivity index (χ0n) is 19.6. The Bertz CT molecular complexity index is 1220. The van der Waals surface area contributed by atoms with Crippen molar-refractivity contribution in [3.63, 3.8) is 0 Å². The molecule has 1 saturated heterocycles. The molecule has 0 spiro atoms. The van der Waals surface area contributed by atoms with Crippen LogP contribution in [0.25, 0.3) is 0 Å². The average molecular weight is 586 g/mol. The number of nitrogens with one attached hydrogen (secondary N) is 3. The van der Waals surface area contributed by atoms with Crippen LogP contribution in [0, 0.1) is 5.41 Å². The van der Waals surface area contributed by atoms with Crippen LogP contribution in [0.4, 0.5) is 11.6 Å². The Morgan fingerprint density at radius 1 is 0.943 bits per heavy atom. The van der Waals surface area contributed by atoms with Gasteiger partial charge < -0.3 is 20.4 Å². The molecule has 0 bridgehead atoms. The van der Waals surface area contributed by atoms with Crippen molar-refractivity contribution in [1.29, 1.82) is 5.41 Å². The lowest BCUT2D eigenvalue weighted by Crippen LogP contribution is -2.47. The van der Waals surface area contributed by atoms with Gasteiger partial charge in [-0.1, -0.05) is 40.8 Å². The topological polar surface area (TPSA) is 119 Å². The van der Waals surface area contributed by atoms with E-state index in [-0.39, 0.29) is 17.3 Å². The van der Waals surface area contributed by atoms with Gasteiger partial charge in [0.05, 0.1) is 6.20 Å². The molecule has 4 rings (SSSR count). The Kier molecular flexibility index (Phi) is 7.76. The molecule has 0 radical (unpaired) electrons. The summed E-state index contributed by atoms with van der Waals surface area (Å²) in [4.78, 5) is 34.3. The maximum Gasteiger partial charge on any atom is 0.262 e. The quantitative estimate of drug-likeness (QED) is 0.177. The molecule has 10 nitrogen and oxygen atoms in total. The van der Waals surface area contributed by atoms with Crippen molar-refractivity contribution in [3.8, 4) is 0 Å². The van der Waals surface area contributed by atoms with E-state index in [1.165, 1.54) is 10.9 Å². The second-order valence-corrected chi connectivity index (χ2v) is 9.10. The van der Waals surface area contributed by atoms with Crippen LogP contribution in [-0.2, 0) is 11.5 Å². The highest BCUT2D eigenvalue weighted by atomic mass is 127. The lowest BCUT2D eigenvalue weighted by atomic mass is 10.1. The maximum absolute atomic E-state index is 12.9. The molecule has 3 heterocycles. The van der Waals surface area contributed by atoms with E-state index in [4.69, 9.17) is 5.41 Å². The number of pyridine rings is 1. The van der Waals surface area contributed by atoms with Gasteiger partial charge in [0.2, 0.25) is 0 Å². The van der Waals surface area contributed by atoms with E-state index in [1.54, 1.807) is 43.6 Å². The van der Waals surface area contributed by atoms with Crippen molar-refractivity contribution in [2.45, 2.75) is 4.43 Å². The van der Waals surface area contributed by atoms with Gasteiger partial charge >= 0.3 is 0 Å². The Labute approximate surface area is 217 Å². The summed E-state index contributed by atoms with van der Waals surface area (Å²) in [6, 6.07) is 10.6. The van der Waals surface area contributed by atoms with Crippen LogP contribution in [0.3, 0.4) is 0 Å². The van der Waals surface area contributed by atoms with Crippen molar-refractivity contribution in [3.05, 3.63) is 71.0 Å². The van der Waals surface area contributed by atoms with E-state index in [0.717, 1.165) is 41.7 Å². The number of amides is 2. The lowest BCUT2D eigenvalue weighted by Gasteiger charge is -2.34. The van der Waals surface area contributed by atoms with E-state index >= 15 is 0 Å². The van der Waals surface area contributed by atoms with Gasteiger partial charge in [-0.15, -0.1) is 0 Å². The number of hydrogen-bond acceptors (Lipinski definition) is 6. The largest absolute Gasteiger partial charge is 0.354 e. The van der Waals surface area contributed by atoms with Crippen molar-refractivity contribution in [2.75, 3.05) is 43.9 Å². The fourth-order valence-corrected chi connectivity index (χ4v) is 4.14. The number of nitrogens with zero attached hydrogens (tertiary/aromatic N) is 5. The Hall–Kier alpha value is -3.32. The molecule has 0 aliphatic carbocycles. The molecule has 3 aromatic rings. The number of carbonyl (C=O) groups excluding carboxylic acids is 2. The number of aromatic nitrogens is 3. The molecule has 35 heavy (non-hydrogen) atoms. The number of alkyl halides is 1. The van der Waals surface area contributed by atoms with Gasteiger partial charge in [-0.25, -0.2) is 4.98 Å². The van der Waals surface area contributed by atoms with Crippen LogP contribution < -0.4 is 10.6 Å². The molecular weight excluding hydrogens is 559 g/mol. The molecule has 0 unspecified atom stereocenters. The average Bonchev–Trinajstić information content (AvgIpc) is 3.24. The number of halogens is 1. The minimum Gasteiger partial charge on any atom is -0.354 e. The fraction of sp³-hybridized carbons (Fsp3) is 0.292. The number of aryl methyl sites for hydroxylation is 1. The van der Waals surface area contributed by atoms with Crippen LogP contribution in [0.1, 0.15) is 31.8 Å². The summed E-state index contributed by atoms with van der Waals surface area (Å²) in [6.07, 6.45) is 3.12.